The predicted molar refractivity (Wildman–Crippen MR) is 79.7 cm³/mol. The number of pyridine rings is 1. The molecule has 1 aromatic heterocycles. The number of aromatic nitrogens is 1. The summed E-state index contributed by atoms with van der Waals surface area (Å²) < 4.78 is 1.53. The van der Waals surface area contributed by atoms with Crippen molar-refractivity contribution in [2.75, 3.05) is 5.32 Å². The number of amides is 1. The van der Waals surface area contributed by atoms with Gasteiger partial charge in [0, 0.05) is 18.8 Å². The number of rotatable bonds is 5. The molecule has 3 N–H and O–H groups in total. The molecule has 0 aliphatic heterocycles. The number of aryl methyl sites for hydroxylation is 1. The first-order valence-corrected chi connectivity index (χ1v) is 6.26. The summed E-state index contributed by atoms with van der Waals surface area (Å²) in [6.45, 7) is 6.38. The fraction of sp³-hybridized carbons (Fsp3) is 0.538. The molecule has 19 heavy (non-hydrogen) atoms. The van der Waals surface area contributed by atoms with Gasteiger partial charge < -0.3 is 15.6 Å². The summed E-state index contributed by atoms with van der Waals surface area (Å²) in [5, 5.41) is 2.74. The average molecular weight is 288 g/mol. The zero-order valence-corrected chi connectivity index (χ0v) is 12.4. The molecule has 0 saturated heterocycles. The number of anilines is 1. The minimum absolute atomic E-state index is 0. The third kappa shape index (κ3) is 4.69. The van der Waals surface area contributed by atoms with Gasteiger partial charge >= 0.3 is 0 Å². The molecule has 0 fully saturated rings. The Balaban J connectivity index is 0.00000324. The van der Waals surface area contributed by atoms with Crippen LogP contribution in [0.5, 0.6) is 0 Å². The number of halogens is 1. The Kier molecular flexibility index (Phi) is 7.41. The molecule has 1 heterocycles. The van der Waals surface area contributed by atoms with Crippen molar-refractivity contribution in [3.8, 4) is 0 Å². The number of carbonyl (C=O) groups is 1. The molecule has 1 amide bonds. The lowest BCUT2D eigenvalue weighted by Crippen LogP contribution is -2.40. The summed E-state index contributed by atoms with van der Waals surface area (Å²) in [7, 11) is 0. The van der Waals surface area contributed by atoms with Crippen LogP contribution >= 0.6 is 12.4 Å². The minimum atomic E-state index is -0.531. The Hall–Kier alpha value is -1.33. The number of carbonyl (C=O) groups excluding carboxylic acids is 1. The first kappa shape index (κ1) is 17.7. The summed E-state index contributed by atoms with van der Waals surface area (Å²) in [6.07, 6.45) is 2.48. The van der Waals surface area contributed by atoms with Crippen LogP contribution in [0.3, 0.4) is 0 Å². The fourth-order valence-corrected chi connectivity index (χ4v) is 1.59. The van der Waals surface area contributed by atoms with Crippen molar-refractivity contribution in [1.82, 2.24) is 4.57 Å². The van der Waals surface area contributed by atoms with Gasteiger partial charge in [-0.2, -0.15) is 0 Å². The Bertz CT molecular complexity index is 473. The molecular weight excluding hydrogens is 266 g/mol. The Morgan fingerprint density at radius 2 is 2.05 bits per heavy atom. The van der Waals surface area contributed by atoms with Crippen molar-refractivity contribution >= 4 is 24.0 Å². The third-order valence-corrected chi connectivity index (χ3v) is 3.15. The van der Waals surface area contributed by atoms with Gasteiger partial charge in [-0.05, 0) is 18.9 Å². The van der Waals surface area contributed by atoms with Gasteiger partial charge in [0.1, 0.15) is 0 Å². The van der Waals surface area contributed by atoms with E-state index < -0.39 is 6.04 Å². The van der Waals surface area contributed by atoms with Crippen LogP contribution in [0.2, 0.25) is 0 Å². The lowest BCUT2D eigenvalue weighted by atomic mass is 9.99. The first-order chi connectivity index (χ1) is 8.49. The number of nitrogens with two attached hydrogens (primary N) is 1. The summed E-state index contributed by atoms with van der Waals surface area (Å²) in [6, 6.07) is 2.50. The van der Waals surface area contributed by atoms with Crippen LogP contribution in [0.25, 0.3) is 0 Å². The second-order valence-corrected chi connectivity index (χ2v) is 4.44. The minimum Gasteiger partial charge on any atom is -0.323 e. The van der Waals surface area contributed by atoms with Crippen LogP contribution in [-0.4, -0.2) is 16.5 Å². The van der Waals surface area contributed by atoms with Gasteiger partial charge in [0.15, 0.2) is 0 Å². The molecular formula is C13H22ClN3O2. The molecule has 1 aromatic rings. The fourth-order valence-electron chi connectivity index (χ4n) is 1.59. The molecule has 6 heteroatoms. The van der Waals surface area contributed by atoms with E-state index in [1.54, 1.807) is 12.3 Å². The molecule has 2 unspecified atom stereocenters. The standard InChI is InChI=1S/C13H21N3O2.ClH/c1-4-9(3)12(14)13(18)15-10-6-7-11(17)16(5-2)8-10;/h6-9,12H,4-5,14H2,1-3H3,(H,15,18);1H. The van der Waals surface area contributed by atoms with Gasteiger partial charge in [0.2, 0.25) is 5.91 Å². The highest BCUT2D eigenvalue weighted by atomic mass is 35.5. The number of nitrogens with one attached hydrogen (secondary N) is 1. The van der Waals surface area contributed by atoms with Crippen molar-refractivity contribution in [3.05, 3.63) is 28.7 Å². The molecule has 1 rings (SSSR count). The molecule has 0 aliphatic carbocycles. The van der Waals surface area contributed by atoms with Crippen molar-refractivity contribution in [3.63, 3.8) is 0 Å². The molecule has 0 bridgehead atoms. The van der Waals surface area contributed by atoms with Gasteiger partial charge in [-0.1, -0.05) is 20.3 Å². The Labute approximate surface area is 119 Å². The second-order valence-electron chi connectivity index (χ2n) is 4.44. The smallest absolute Gasteiger partial charge is 0.250 e. The summed E-state index contributed by atoms with van der Waals surface area (Å²) in [5.74, 6) is -0.0901. The van der Waals surface area contributed by atoms with Gasteiger partial charge in [0.25, 0.3) is 5.56 Å². The number of nitrogens with zero attached hydrogens (tertiary/aromatic N) is 1. The van der Waals surface area contributed by atoms with E-state index in [0.29, 0.717) is 12.2 Å². The second kappa shape index (κ2) is 7.96. The van der Waals surface area contributed by atoms with E-state index in [-0.39, 0.29) is 29.8 Å². The molecule has 0 radical (unpaired) electrons. The molecule has 108 valence electrons. The zero-order chi connectivity index (χ0) is 13.7. The van der Waals surface area contributed by atoms with Crippen molar-refractivity contribution in [1.29, 1.82) is 0 Å². The van der Waals surface area contributed by atoms with E-state index >= 15 is 0 Å². The van der Waals surface area contributed by atoms with Crippen molar-refractivity contribution < 1.29 is 4.79 Å². The van der Waals surface area contributed by atoms with Crippen LogP contribution in [0.15, 0.2) is 23.1 Å². The molecule has 5 nitrogen and oxygen atoms in total. The van der Waals surface area contributed by atoms with Crippen molar-refractivity contribution in [2.45, 2.75) is 39.8 Å². The van der Waals surface area contributed by atoms with E-state index in [1.807, 2.05) is 20.8 Å². The van der Waals surface area contributed by atoms with Gasteiger partial charge in [-0.15, -0.1) is 12.4 Å². The van der Waals surface area contributed by atoms with Crippen LogP contribution in [0.1, 0.15) is 27.2 Å². The summed E-state index contributed by atoms with van der Waals surface area (Å²) >= 11 is 0. The topological polar surface area (TPSA) is 77.1 Å². The lowest BCUT2D eigenvalue weighted by molar-refractivity contribution is -0.118. The maximum atomic E-state index is 11.9. The maximum absolute atomic E-state index is 11.9. The highest BCUT2D eigenvalue weighted by Gasteiger charge is 2.19. The third-order valence-electron chi connectivity index (χ3n) is 3.15. The Morgan fingerprint density at radius 3 is 2.58 bits per heavy atom. The van der Waals surface area contributed by atoms with Gasteiger partial charge in [-0.3, -0.25) is 9.59 Å². The summed E-state index contributed by atoms with van der Waals surface area (Å²) in [5.41, 5.74) is 6.35. The van der Waals surface area contributed by atoms with E-state index in [4.69, 9.17) is 5.73 Å². The van der Waals surface area contributed by atoms with Gasteiger partial charge in [0.05, 0.1) is 11.7 Å². The quantitative estimate of drug-likeness (QED) is 0.863. The Morgan fingerprint density at radius 1 is 1.42 bits per heavy atom. The van der Waals surface area contributed by atoms with Crippen LogP contribution in [0.4, 0.5) is 5.69 Å². The van der Waals surface area contributed by atoms with Crippen molar-refractivity contribution in [2.24, 2.45) is 11.7 Å². The molecule has 2 atom stereocenters. The van der Waals surface area contributed by atoms with Gasteiger partial charge in [-0.25, -0.2) is 0 Å². The SMILES string of the molecule is CCC(C)C(N)C(=O)Nc1ccc(=O)n(CC)c1.Cl. The molecule has 0 saturated carbocycles. The van der Waals surface area contributed by atoms with Crippen LogP contribution in [-0.2, 0) is 11.3 Å². The first-order valence-electron chi connectivity index (χ1n) is 6.26. The summed E-state index contributed by atoms with van der Waals surface area (Å²) in [4.78, 5) is 23.3. The average Bonchev–Trinajstić information content (AvgIpc) is 2.38. The van der Waals surface area contributed by atoms with E-state index in [0.717, 1.165) is 6.42 Å². The highest BCUT2D eigenvalue weighted by Crippen LogP contribution is 2.09. The maximum Gasteiger partial charge on any atom is 0.250 e. The molecule has 0 aliphatic rings. The predicted octanol–water partition coefficient (Wildman–Crippen LogP) is 1.60. The molecule has 0 aromatic carbocycles. The van der Waals surface area contributed by atoms with E-state index in [9.17, 15) is 9.59 Å². The normalized spacial score (nSPS) is 13.3. The largest absolute Gasteiger partial charge is 0.323 e. The molecule has 0 spiro atoms. The monoisotopic (exact) mass is 287 g/mol. The highest BCUT2D eigenvalue weighted by molar-refractivity contribution is 5.94. The van der Waals surface area contributed by atoms with E-state index in [1.165, 1.54) is 10.6 Å². The van der Waals surface area contributed by atoms with Crippen LogP contribution < -0.4 is 16.6 Å². The zero-order valence-electron chi connectivity index (χ0n) is 11.6. The number of hydrogen-bond donors (Lipinski definition) is 2. The lowest BCUT2D eigenvalue weighted by Gasteiger charge is -2.18. The number of hydrogen-bond acceptors (Lipinski definition) is 3. The van der Waals surface area contributed by atoms with E-state index in [2.05, 4.69) is 5.32 Å². The van der Waals surface area contributed by atoms with Crippen LogP contribution in [0, 0.1) is 5.92 Å².